The van der Waals surface area contributed by atoms with Crippen LogP contribution in [0.3, 0.4) is 0 Å². The van der Waals surface area contributed by atoms with Crippen molar-refractivity contribution in [2.24, 2.45) is 4.99 Å². The molecule has 1 N–H and O–H groups in total. The first-order valence-electron chi connectivity index (χ1n) is 5.75. The molecule has 0 aromatic heterocycles. The number of halogens is 1. The molecule has 6 heteroatoms. The summed E-state index contributed by atoms with van der Waals surface area (Å²) in [5.74, 6) is 0.166. The zero-order valence-electron chi connectivity index (χ0n) is 10.6. The molecule has 2 rings (SSSR count). The van der Waals surface area contributed by atoms with Crippen LogP contribution in [0.25, 0.3) is 0 Å². The van der Waals surface area contributed by atoms with Gasteiger partial charge in [0.05, 0.1) is 10.6 Å². The number of aliphatic imine (C=N–C) groups is 1. The van der Waals surface area contributed by atoms with Gasteiger partial charge in [0.1, 0.15) is 5.75 Å². The second-order valence-corrected chi connectivity index (χ2v) is 5.11. The van der Waals surface area contributed by atoms with Crippen molar-refractivity contribution in [2.45, 2.75) is 6.92 Å². The van der Waals surface area contributed by atoms with E-state index >= 15 is 0 Å². The molecule has 0 saturated carbocycles. The number of benzene rings is 2. The fourth-order valence-corrected chi connectivity index (χ4v) is 2.25. The van der Waals surface area contributed by atoms with E-state index in [2.05, 4.69) is 20.9 Å². The van der Waals surface area contributed by atoms with Crippen molar-refractivity contribution in [1.82, 2.24) is 0 Å². The zero-order valence-corrected chi connectivity index (χ0v) is 12.2. The van der Waals surface area contributed by atoms with Crippen molar-refractivity contribution >= 4 is 33.5 Å². The molecule has 0 aliphatic carbocycles. The fourth-order valence-electron chi connectivity index (χ4n) is 1.66. The normalized spacial score (nSPS) is 10.9. The molecule has 0 atom stereocenters. The number of nitro groups is 1. The highest BCUT2D eigenvalue weighted by Crippen LogP contribution is 2.26. The average molecular weight is 335 g/mol. The Hall–Kier alpha value is -2.21. The van der Waals surface area contributed by atoms with Crippen molar-refractivity contribution in [3.05, 3.63) is 62.1 Å². The number of phenolic OH excluding ortho intramolecular Hbond substituents is 1. The van der Waals surface area contributed by atoms with Crippen molar-refractivity contribution in [2.75, 3.05) is 0 Å². The third kappa shape index (κ3) is 3.21. The Balaban J connectivity index is 2.27. The van der Waals surface area contributed by atoms with E-state index in [1.165, 1.54) is 18.3 Å². The van der Waals surface area contributed by atoms with Crippen LogP contribution in [0.2, 0.25) is 0 Å². The Labute approximate surface area is 123 Å². The van der Waals surface area contributed by atoms with Gasteiger partial charge in [0.2, 0.25) is 0 Å². The number of phenols is 1. The summed E-state index contributed by atoms with van der Waals surface area (Å²) in [5.41, 5.74) is 1.91. The first-order valence-corrected chi connectivity index (χ1v) is 6.54. The number of nitrogens with zero attached hydrogens (tertiary/aromatic N) is 2. The minimum Gasteiger partial charge on any atom is -0.507 e. The molecule has 0 heterocycles. The molecule has 0 radical (unpaired) electrons. The van der Waals surface area contributed by atoms with Crippen LogP contribution in [-0.2, 0) is 0 Å². The molecule has 0 aliphatic heterocycles. The van der Waals surface area contributed by atoms with Crippen molar-refractivity contribution in [1.29, 1.82) is 0 Å². The molecule has 2 aromatic rings. The topological polar surface area (TPSA) is 75.7 Å². The van der Waals surface area contributed by atoms with Crippen LogP contribution in [-0.4, -0.2) is 16.2 Å². The molecule has 0 amide bonds. The molecule has 5 nitrogen and oxygen atoms in total. The van der Waals surface area contributed by atoms with Crippen LogP contribution >= 0.6 is 15.9 Å². The van der Waals surface area contributed by atoms with E-state index in [1.54, 1.807) is 31.2 Å². The second kappa shape index (κ2) is 5.83. The van der Waals surface area contributed by atoms with Crippen LogP contribution in [0.4, 0.5) is 11.4 Å². The lowest BCUT2D eigenvalue weighted by Crippen LogP contribution is -1.87. The lowest BCUT2D eigenvalue weighted by atomic mass is 10.1. The average Bonchev–Trinajstić information content (AvgIpc) is 2.41. The predicted octanol–water partition coefficient (Wildman–Crippen LogP) is 4.12. The Bertz CT molecular complexity index is 682. The molecule has 0 fully saturated rings. The lowest BCUT2D eigenvalue weighted by Gasteiger charge is -2.03. The summed E-state index contributed by atoms with van der Waals surface area (Å²) >= 11 is 3.35. The molecule has 0 spiro atoms. The van der Waals surface area contributed by atoms with Gasteiger partial charge >= 0.3 is 0 Å². The van der Waals surface area contributed by atoms with Gasteiger partial charge in [-0.1, -0.05) is 15.9 Å². The molecule has 20 heavy (non-hydrogen) atoms. The monoisotopic (exact) mass is 334 g/mol. The number of aryl methyl sites for hydroxylation is 1. The van der Waals surface area contributed by atoms with Gasteiger partial charge in [0.15, 0.2) is 0 Å². The Morgan fingerprint density at radius 1 is 1.30 bits per heavy atom. The van der Waals surface area contributed by atoms with Crippen LogP contribution < -0.4 is 0 Å². The van der Waals surface area contributed by atoms with E-state index < -0.39 is 4.92 Å². The quantitative estimate of drug-likeness (QED) is 0.521. The molecule has 0 saturated heterocycles. The van der Waals surface area contributed by atoms with E-state index in [9.17, 15) is 15.2 Å². The largest absolute Gasteiger partial charge is 0.507 e. The lowest BCUT2D eigenvalue weighted by molar-refractivity contribution is -0.384. The summed E-state index contributed by atoms with van der Waals surface area (Å²) in [6, 6.07) is 9.43. The summed E-state index contributed by atoms with van der Waals surface area (Å²) in [7, 11) is 0. The maximum absolute atomic E-state index is 10.5. The van der Waals surface area contributed by atoms with E-state index in [1.807, 2.05) is 0 Å². The third-order valence-corrected chi connectivity index (χ3v) is 3.17. The summed E-state index contributed by atoms with van der Waals surface area (Å²) in [5, 5.41) is 20.5. The molecule has 0 unspecified atom stereocenters. The molecule has 0 aliphatic rings. The van der Waals surface area contributed by atoms with Crippen molar-refractivity contribution in [3.8, 4) is 5.75 Å². The standard InChI is InChI=1S/C14H11BrN2O3/c1-9-6-11(15)7-10(14(9)18)8-16-12-2-4-13(5-3-12)17(19)20/h2-8,18H,1H3. The van der Waals surface area contributed by atoms with Gasteiger partial charge in [-0.3, -0.25) is 15.1 Å². The fraction of sp³-hybridized carbons (Fsp3) is 0.0714. The predicted molar refractivity (Wildman–Crippen MR) is 80.9 cm³/mol. The van der Waals surface area contributed by atoms with Crippen LogP contribution in [0.15, 0.2) is 45.9 Å². The number of hydrogen-bond acceptors (Lipinski definition) is 4. The van der Waals surface area contributed by atoms with Crippen LogP contribution in [0, 0.1) is 17.0 Å². The Morgan fingerprint density at radius 2 is 1.95 bits per heavy atom. The van der Waals surface area contributed by atoms with Gasteiger partial charge in [-0.15, -0.1) is 0 Å². The van der Waals surface area contributed by atoms with E-state index in [4.69, 9.17) is 0 Å². The van der Waals surface area contributed by atoms with Crippen LogP contribution in [0.1, 0.15) is 11.1 Å². The van der Waals surface area contributed by atoms with Crippen molar-refractivity contribution < 1.29 is 10.0 Å². The highest BCUT2D eigenvalue weighted by molar-refractivity contribution is 9.10. The van der Waals surface area contributed by atoms with Crippen LogP contribution in [0.5, 0.6) is 5.75 Å². The first-order chi connectivity index (χ1) is 9.47. The molecular formula is C14H11BrN2O3. The van der Waals surface area contributed by atoms with Gasteiger partial charge in [-0.05, 0) is 36.8 Å². The number of non-ortho nitro benzene ring substituents is 1. The minimum absolute atomic E-state index is 0.0186. The van der Waals surface area contributed by atoms with Gasteiger partial charge in [0.25, 0.3) is 5.69 Å². The van der Waals surface area contributed by atoms with Gasteiger partial charge < -0.3 is 5.11 Å². The van der Waals surface area contributed by atoms with Gasteiger partial charge in [-0.2, -0.15) is 0 Å². The number of hydrogen-bond donors (Lipinski definition) is 1. The third-order valence-electron chi connectivity index (χ3n) is 2.71. The van der Waals surface area contributed by atoms with Gasteiger partial charge in [0, 0.05) is 28.4 Å². The summed E-state index contributed by atoms with van der Waals surface area (Å²) < 4.78 is 0.845. The highest BCUT2D eigenvalue weighted by Gasteiger charge is 2.05. The van der Waals surface area contributed by atoms with Crippen molar-refractivity contribution in [3.63, 3.8) is 0 Å². The smallest absolute Gasteiger partial charge is 0.269 e. The number of rotatable bonds is 3. The first kappa shape index (κ1) is 14.2. The molecular weight excluding hydrogens is 324 g/mol. The van der Waals surface area contributed by atoms with E-state index in [0.717, 1.165) is 10.0 Å². The van der Waals surface area contributed by atoms with E-state index in [-0.39, 0.29) is 11.4 Å². The van der Waals surface area contributed by atoms with Gasteiger partial charge in [-0.25, -0.2) is 0 Å². The Kier molecular flexibility index (Phi) is 4.14. The number of aromatic hydroxyl groups is 1. The van der Waals surface area contributed by atoms with E-state index in [0.29, 0.717) is 11.3 Å². The summed E-state index contributed by atoms with van der Waals surface area (Å²) in [6.45, 7) is 1.79. The Morgan fingerprint density at radius 3 is 2.55 bits per heavy atom. The zero-order chi connectivity index (χ0) is 14.7. The number of nitro benzene ring substituents is 1. The minimum atomic E-state index is -0.461. The SMILES string of the molecule is Cc1cc(Br)cc(C=Nc2ccc([N+](=O)[O-])cc2)c1O. The molecule has 0 bridgehead atoms. The summed E-state index contributed by atoms with van der Waals surface area (Å²) in [6.07, 6.45) is 1.52. The summed E-state index contributed by atoms with van der Waals surface area (Å²) in [4.78, 5) is 14.3. The maximum atomic E-state index is 10.5. The maximum Gasteiger partial charge on any atom is 0.269 e. The molecule has 102 valence electrons. The molecule has 2 aromatic carbocycles. The highest BCUT2D eigenvalue weighted by atomic mass is 79.9. The second-order valence-electron chi connectivity index (χ2n) is 4.19.